The van der Waals surface area contributed by atoms with Gasteiger partial charge in [-0.1, -0.05) is 11.6 Å². The monoisotopic (exact) mass is 322 g/mol. The number of ether oxygens (including phenoxy) is 2. The van der Waals surface area contributed by atoms with Crippen LogP contribution in [0.25, 0.3) is 0 Å². The van der Waals surface area contributed by atoms with Crippen LogP contribution in [0.1, 0.15) is 5.56 Å². The van der Waals surface area contributed by atoms with Crippen LogP contribution in [0.2, 0.25) is 5.02 Å². The zero-order valence-electron chi connectivity index (χ0n) is 11.5. The molecule has 0 heterocycles. The number of sulfonamides is 1. The maximum absolute atomic E-state index is 12.1. The molecule has 0 fully saturated rings. The summed E-state index contributed by atoms with van der Waals surface area (Å²) < 4.78 is 36.5. The van der Waals surface area contributed by atoms with E-state index >= 15 is 0 Å². The van der Waals surface area contributed by atoms with Crippen LogP contribution in [-0.2, 0) is 19.5 Å². The average molecular weight is 323 g/mol. The van der Waals surface area contributed by atoms with Crippen LogP contribution < -0.4 is 10.5 Å². The third-order valence-electron chi connectivity index (χ3n) is 2.58. The molecule has 3 N–H and O–H groups in total. The van der Waals surface area contributed by atoms with Crippen LogP contribution in [0.3, 0.4) is 0 Å². The number of benzene rings is 1. The Morgan fingerprint density at radius 1 is 1.30 bits per heavy atom. The van der Waals surface area contributed by atoms with Crippen LogP contribution in [0.4, 0.5) is 5.69 Å². The van der Waals surface area contributed by atoms with E-state index in [-0.39, 0.29) is 23.1 Å². The Morgan fingerprint density at radius 3 is 2.65 bits per heavy atom. The first kappa shape index (κ1) is 17.2. The van der Waals surface area contributed by atoms with Crippen molar-refractivity contribution in [3.05, 3.63) is 22.7 Å². The highest BCUT2D eigenvalue weighted by Gasteiger charge is 2.18. The summed E-state index contributed by atoms with van der Waals surface area (Å²) in [6, 6.07) is 2.88. The van der Waals surface area contributed by atoms with E-state index in [1.165, 1.54) is 12.1 Å². The lowest BCUT2D eigenvalue weighted by Gasteiger charge is -2.10. The molecule has 8 heteroatoms. The summed E-state index contributed by atoms with van der Waals surface area (Å²) in [5.74, 6) is 0. The highest BCUT2D eigenvalue weighted by atomic mass is 35.5. The maximum Gasteiger partial charge on any atom is 0.242 e. The van der Waals surface area contributed by atoms with Gasteiger partial charge in [-0.25, -0.2) is 13.1 Å². The number of aryl methyl sites for hydroxylation is 1. The Balaban J connectivity index is 2.63. The molecule has 0 radical (unpaired) electrons. The van der Waals surface area contributed by atoms with Gasteiger partial charge in [-0.05, 0) is 24.6 Å². The van der Waals surface area contributed by atoms with E-state index in [4.69, 9.17) is 26.8 Å². The number of hydrogen-bond acceptors (Lipinski definition) is 5. The molecule has 0 aliphatic carbocycles. The first-order valence-corrected chi connectivity index (χ1v) is 7.86. The summed E-state index contributed by atoms with van der Waals surface area (Å²) in [7, 11) is -2.13. The van der Waals surface area contributed by atoms with Gasteiger partial charge < -0.3 is 15.2 Å². The van der Waals surface area contributed by atoms with E-state index in [1.807, 2.05) is 0 Å². The third kappa shape index (κ3) is 4.92. The Bertz CT molecular complexity index is 549. The van der Waals surface area contributed by atoms with Crippen LogP contribution in [0.15, 0.2) is 17.0 Å². The highest BCUT2D eigenvalue weighted by molar-refractivity contribution is 7.89. The van der Waals surface area contributed by atoms with Crippen LogP contribution in [0, 0.1) is 6.92 Å². The van der Waals surface area contributed by atoms with E-state index in [9.17, 15) is 8.42 Å². The van der Waals surface area contributed by atoms with E-state index in [0.29, 0.717) is 18.9 Å². The van der Waals surface area contributed by atoms with Crippen molar-refractivity contribution in [2.75, 3.05) is 39.2 Å². The second-order valence-electron chi connectivity index (χ2n) is 4.14. The quantitative estimate of drug-likeness (QED) is 0.554. The maximum atomic E-state index is 12.1. The van der Waals surface area contributed by atoms with Crippen LogP contribution >= 0.6 is 11.6 Å². The number of hydrogen-bond donors (Lipinski definition) is 2. The normalized spacial score (nSPS) is 11.8. The Morgan fingerprint density at radius 2 is 2.00 bits per heavy atom. The number of nitrogen functional groups attached to an aromatic ring is 1. The highest BCUT2D eigenvalue weighted by Crippen LogP contribution is 2.26. The average Bonchev–Trinajstić information content (AvgIpc) is 2.37. The second-order valence-corrected chi connectivity index (χ2v) is 6.28. The Kier molecular flexibility index (Phi) is 6.70. The van der Waals surface area contributed by atoms with Crippen molar-refractivity contribution in [2.45, 2.75) is 11.8 Å². The number of methoxy groups -OCH3 is 1. The predicted molar refractivity (Wildman–Crippen MR) is 78.5 cm³/mol. The van der Waals surface area contributed by atoms with Gasteiger partial charge in [0.2, 0.25) is 10.0 Å². The summed E-state index contributed by atoms with van der Waals surface area (Å²) >= 11 is 5.94. The minimum atomic E-state index is -3.70. The standard InChI is InChI=1S/C12H19ClN2O4S/c1-9-7-10(13)12(8-11(9)14)20(16,17)15-3-4-19-6-5-18-2/h7-8,15H,3-6,14H2,1-2H3. The number of nitrogens with one attached hydrogen (secondary N) is 1. The van der Waals surface area contributed by atoms with Gasteiger partial charge in [0.1, 0.15) is 4.90 Å². The summed E-state index contributed by atoms with van der Waals surface area (Å²) in [5, 5.41) is 0.143. The summed E-state index contributed by atoms with van der Waals surface area (Å²) in [5.41, 5.74) is 6.82. The molecule has 1 rings (SSSR count). The van der Waals surface area contributed by atoms with Gasteiger partial charge in [0, 0.05) is 19.3 Å². The van der Waals surface area contributed by atoms with Crippen molar-refractivity contribution in [1.29, 1.82) is 0 Å². The first-order chi connectivity index (χ1) is 9.38. The number of halogens is 1. The fourth-order valence-corrected chi connectivity index (χ4v) is 3.07. The molecule has 20 heavy (non-hydrogen) atoms. The van der Waals surface area contributed by atoms with Crippen molar-refractivity contribution < 1.29 is 17.9 Å². The smallest absolute Gasteiger partial charge is 0.242 e. The molecule has 0 bridgehead atoms. The van der Waals surface area contributed by atoms with Gasteiger partial charge >= 0.3 is 0 Å². The second kappa shape index (κ2) is 7.80. The van der Waals surface area contributed by atoms with Gasteiger partial charge in [0.15, 0.2) is 0 Å². The van der Waals surface area contributed by atoms with Crippen LogP contribution in [0.5, 0.6) is 0 Å². The molecule has 6 nitrogen and oxygen atoms in total. The van der Waals surface area contributed by atoms with E-state index < -0.39 is 10.0 Å². The molecule has 0 saturated carbocycles. The predicted octanol–water partition coefficient (Wildman–Crippen LogP) is 1.17. The molecule has 0 atom stereocenters. The summed E-state index contributed by atoms with van der Waals surface area (Å²) in [6.45, 7) is 3.04. The zero-order valence-corrected chi connectivity index (χ0v) is 13.1. The molecule has 0 aliphatic heterocycles. The molecule has 1 aromatic rings. The van der Waals surface area contributed by atoms with Gasteiger partial charge in [-0.2, -0.15) is 0 Å². The zero-order chi connectivity index (χ0) is 15.2. The van der Waals surface area contributed by atoms with E-state index in [1.54, 1.807) is 14.0 Å². The molecular formula is C12H19ClN2O4S. The minimum Gasteiger partial charge on any atom is -0.398 e. The summed E-state index contributed by atoms with van der Waals surface area (Å²) in [6.07, 6.45) is 0. The number of rotatable bonds is 8. The third-order valence-corrected chi connectivity index (χ3v) is 4.51. The molecule has 0 spiro atoms. The van der Waals surface area contributed by atoms with Crippen molar-refractivity contribution in [1.82, 2.24) is 4.72 Å². The lowest BCUT2D eigenvalue weighted by atomic mass is 10.2. The fourth-order valence-electron chi connectivity index (χ4n) is 1.44. The SMILES string of the molecule is COCCOCCNS(=O)(=O)c1cc(N)c(C)cc1Cl. The molecule has 1 aromatic carbocycles. The first-order valence-electron chi connectivity index (χ1n) is 6.00. The van der Waals surface area contributed by atoms with Gasteiger partial charge in [-0.15, -0.1) is 0 Å². The Labute approximate surface area is 124 Å². The topological polar surface area (TPSA) is 90.6 Å². The van der Waals surface area contributed by atoms with Crippen molar-refractivity contribution in [2.24, 2.45) is 0 Å². The lowest BCUT2D eigenvalue weighted by molar-refractivity contribution is 0.0736. The molecule has 0 saturated heterocycles. The Hall–Kier alpha value is -0.860. The molecule has 0 aromatic heterocycles. The van der Waals surface area contributed by atoms with Crippen molar-refractivity contribution in [3.63, 3.8) is 0 Å². The number of nitrogens with two attached hydrogens (primary N) is 1. The number of anilines is 1. The summed E-state index contributed by atoms with van der Waals surface area (Å²) in [4.78, 5) is -0.0286. The van der Waals surface area contributed by atoms with Crippen molar-refractivity contribution in [3.8, 4) is 0 Å². The van der Waals surface area contributed by atoms with E-state index in [0.717, 1.165) is 5.56 Å². The van der Waals surface area contributed by atoms with E-state index in [2.05, 4.69) is 4.72 Å². The van der Waals surface area contributed by atoms with Gasteiger partial charge in [0.25, 0.3) is 0 Å². The van der Waals surface area contributed by atoms with Crippen molar-refractivity contribution >= 4 is 27.3 Å². The molecular weight excluding hydrogens is 304 g/mol. The minimum absolute atomic E-state index is 0.0286. The van der Waals surface area contributed by atoms with Gasteiger partial charge in [0.05, 0.1) is 24.8 Å². The molecule has 114 valence electrons. The molecule has 0 aliphatic rings. The largest absolute Gasteiger partial charge is 0.398 e. The lowest BCUT2D eigenvalue weighted by Crippen LogP contribution is -2.28. The van der Waals surface area contributed by atoms with Gasteiger partial charge in [-0.3, -0.25) is 0 Å². The molecule has 0 amide bonds. The fraction of sp³-hybridized carbons (Fsp3) is 0.500. The van der Waals surface area contributed by atoms with Crippen LogP contribution in [-0.4, -0.2) is 41.9 Å². The molecule has 0 unspecified atom stereocenters.